The van der Waals surface area contributed by atoms with Crippen LogP contribution in [0.15, 0.2) is 46.9 Å². The lowest BCUT2D eigenvalue weighted by Gasteiger charge is -2.25. The first kappa shape index (κ1) is 17.6. The lowest BCUT2D eigenvalue weighted by Crippen LogP contribution is -2.38. The number of hydrogen-bond acceptors (Lipinski definition) is 4. The molecule has 0 radical (unpaired) electrons. The number of hydrazone groups is 1. The Hall–Kier alpha value is -2.18. The summed E-state index contributed by atoms with van der Waals surface area (Å²) in [5, 5.41) is 8.61. The number of nitrogens with zero attached hydrogens (tertiary/aromatic N) is 3. The Morgan fingerprint density at radius 1 is 1.32 bits per heavy atom. The van der Waals surface area contributed by atoms with Gasteiger partial charge in [-0.15, -0.1) is 11.3 Å². The largest absolute Gasteiger partial charge is 0.337 e. The predicted octanol–water partition coefficient (Wildman–Crippen LogP) is 3.56. The zero-order valence-electron chi connectivity index (χ0n) is 14.0. The second-order valence-electron chi connectivity index (χ2n) is 5.88. The second kappa shape index (κ2) is 7.37. The fourth-order valence-electron chi connectivity index (χ4n) is 2.71. The molecule has 7 heteroatoms. The Morgan fingerprint density at radius 3 is 2.72 bits per heavy atom. The summed E-state index contributed by atoms with van der Waals surface area (Å²) in [7, 11) is 1.60. The summed E-state index contributed by atoms with van der Waals surface area (Å²) in [4.78, 5) is 26.6. The Bertz CT molecular complexity index is 819. The van der Waals surface area contributed by atoms with Crippen molar-refractivity contribution in [1.82, 2.24) is 9.91 Å². The number of benzene rings is 1. The monoisotopic (exact) mass is 375 g/mol. The number of carbonyl (C=O) groups excluding carboxylic acids is 2. The van der Waals surface area contributed by atoms with E-state index in [9.17, 15) is 9.59 Å². The van der Waals surface area contributed by atoms with Crippen LogP contribution >= 0.6 is 22.9 Å². The van der Waals surface area contributed by atoms with Gasteiger partial charge in [-0.25, -0.2) is 5.01 Å². The molecule has 130 valence electrons. The van der Waals surface area contributed by atoms with E-state index in [1.54, 1.807) is 18.4 Å². The van der Waals surface area contributed by atoms with Crippen LogP contribution < -0.4 is 0 Å². The molecule has 0 spiro atoms. The van der Waals surface area contributed by atoms with Crippen molar-refractivity contribution in [3.8, 4) is 0 Å². The topological polar surface area (TPSA) is 53.0 Å². The quantitative estimate of drug-likeness (QED) is 0.820. The molecular weight excluding hydrogens is 358 g/mol. The minimum Gasteiger partial charge on any atom is -0.337 e. The van der Waals surface area contributed by atoms with Crippen LogP contribution in [0.5, 0.6) is 0 Å². The van der Waals surface area contributed by atoms with Gasteiger partial charge in [-0.1, -0.05) is 35.9 Å². The van der Waals surface area contributed by atoms with E-state index in [0.717, 1.165) is 16.2 Å². The van der Waals surface area contributed by atoms with E-state index in [2.05, 4.69) is 5.10 Å². The van der Waals surface area contributed by atoms with Gasteiger partial charge in [0.05, 0.1) is 16.6 Å². The van der Waals surface area contributed by atoms with Crippen molar-refractivity contribution < 1.29 is 9.59 Å². The Kier molecular flexibility index (Phi) is 5.20. The molecular formula is C18H18ClN3O2S. The molecule has 0 aliphatic carbocycles. The Morgan fingerprint density at radius 2 is 2.08 bits per heavy atom. The normalized spacial score (nSPS) is 16.7. The summed E-state index contributed by atoms with van der Waals surface area (Å²) < 4.78 is 0. The van der Waals surface area contributed by atoms with Crippen LogP contribution in [-0.4, -0.2) is 41.0 Å². The molecule has 0 fully saturated rings. The molecule has 1 aliphatic heterocycles. The molecule has 1 aromatic carbocycles. The summed E-state index contributed by atoms with van der Waals surface area (Å²) in [5.41, 5.74) is 1.72. The van der Waals surface area contributed by atoms with E-state index < -0.39 is 0 Å². The van der Waals surface area contributed by atoms with Crippen molar-refractivity contribution in [2.45, 2.75) is 19.4 Å². The first-order valence-electron chi connectivity index (χ1n) is 7.87. The van der Waals surface area contributed by atoms with E-state index in [4.69, 9.17) is 11.6 Å². The van der Waals surface area contributed by atoms with Crippen molar-refractivity contribution >= 4 is 40.5 Å². The highest BCUT2D eigenvalue weighted by atomic mass is 35.5. The predicted molar refractivity (Wildman–Crippen MR) is 99.8 cm³/mol. The average Bonchev–Trinajstić information content (AvgIpc) is 3.24. The molecule has 25 heavy (non-hydrogen) atoms. The van der Waals surface area contributed by atoms with Gasteiger partial charge in [-0.2, -0.15) is 5.10 Å². The van der Waals surface area contributed by atoms with Gasteiger partial charge in [0.25, 0.3) is 5.91 Å². The smallest absolute Gasteiger partial charge is 0.262 e. The Labute approximate surface area is 155 Å². The standard InChI is InChI=1S/C18H18ClN3O2S/c1-12(23)21(2)11-18(24)22-16(13-6-3-4-7-14(13)19)10-15(20-22)17-8-5-9-25-17/h3-9,16H,10-11H2,1-2H3. The lowest BCUT2D eigenvalue weighted by molar-refractivity contribution is -0.139. The van der Waals surface area contributed by atoms with Crippen molar-refractivity contribution in [3.63, 3.8) is 0 Å². The molecule has 1 atom stereocenters. The zero-order valence-corrected chi connectivity index (χ0v) is 15.5. The van der Waals surface area contributed by atoms with E-state index in [0.29, 0.717) is 11.4 Å². The summed E-state index contributed by atoms with van der Waals surface area (Å²) in [6.07, 6.45) is 0.597. The number of amides is 2. The molecule has 0 bridgehead atoms. The fraction of sp³-hybridized carbons (Fsp3) is 0.278. The first-order valence-corrected chi connectivity index (χ1v) is 9.12. The fourth-order valence-corrected chi connectivity index (χ4v) is 3.69. The van der Waals surface area contributed by atoms with Gasteiger partial charge in [0.15, 0.2) is 0 Å². The summed E-state index contributed by atoms with van der Waals surface area (Å²) >= 11 is 7.94. The number of thiophene rings is 1. The zero-order chi connectivity index (χ0) is 18.0. The second-order valence-corrected chi connectivity index (χ2v) is 7.23. The third kappa shape index (κ3) is 3.75. The number of halogens is 1. The van der Waals surface area contributed by atoms with E-state index in [-0.39, 0.29) is 24.4 Å². The maximum absolute atomic E-state index is 12.8. The minimum atomic E-state index is -0.265. The first-order chi connectivity index (χ1) is 12.0. The maximum atomic E-state index is 12.8. The van der Waals surface area contributed by atoms with Crippen molar-refractivity contribution in [2.75, 3.05) is 13.6 Å². The minimum absolute atomic E-state index is 0.0164. The van der Waals surface area contributed by atoms with Gasteiger partial charge >= 0.3 is 0 Å². The SMILES string of the molecule is CC(=O)N(C)CC(=O)N1N=C(c2cccs2)CC1c1ccccc1Cl. The van der Waals surface area contributed by atoms with Crippen LogP contribution in [0.2, 0.25) is 5.02 Å². The molecule has 2 amide bonds. The third-order valence-electron chi connectivity index (χ3n) is 4.15. The molecule has 1 aliphatic rings. The molecule has 2 heterocycles. The van der Waals surface area contributed by atoms with E-state index in [1.807, 2.05) is 41.8 Å². The molecule has 0 saturated carbocycles. The van der Waals surface area contributed by atoms with Crippen LogP contribution in [-0.2, 0) is 9.59 Å². The number of likely N-dealkylation sites (N-methyl/N-ethyl adjacent to an activating group) is 1. The molecule has 0 saturated heterocycles. The summed E-state index contributed by atoms with van der Waals surface area (Å²) in [5.74, 6) is -0.390. The van der Waals surface area contributed by atoms with Gasteiger partial charge in [-0.05, 0) is 23.1 Å². The number of rotatable bonds is 4. The van der Waals surface area contributed by atoms with Crippen molar-refractivity contribution in [3.05, 3.63) is 57.2 Å². The van der Waals surface area contributed by atoms with Gasteiger partial charge in [0.1, 0.15) is 6.54 Å². The summed E-state index contributed by atoms with van der Waals surface area (Å²) in [6.45, 7) is 1.42. The van der Waals surface area contributed by atoms with Gasteiger partial charge in [0, 0.05) is 25.4 Å². The highest BCUT2D eigenvalue weighted by molar-refractivity contribution is 7.12. The van der Waals surface area contributed by atoms with Crippen LogP contribution in [0, 0.1) is 0 Å². The number of carbonyl (C=O) groups is 2. The molecule has 3 rings (SSSR count). The van der Waals surface area contributed by atoms with Gasteiger partial charge in [-0.3, -0.25) is 9.59 Å². The van der Waals surface area contributed by atoms with Crippen molar-refractivity contribution in [1.29, 1.82) is 0 Å². The maximum Gasteiger partial charge on any atom is 0.262 e. The highest BCUT2D eigenvalue weighted by Gasteiger charge is 2.34. The van der Waals surface area contributed by atoms with E-state index in [1.165, 1.54) is 16.8 Å². The van der Waals surface area contributed by atoms with Crippen LogP contribution in [0.4, 0.5) is 0 Å². The average molecular weight is 376 g/mol. The van der Waals surface area contributed by atoms with Crippen molar-refractivity contribution in [2.24, 2.45) is 5.10 Å². The summed E-state index contributed by atoms with van der Waals surface area (Å²) in [6, 6.07) is 11.2. The van der Waals surface area contributed by atoms with E-state index >= 15 is 0 Å². The van der Waals surface area contributed by atoms with Crippen LogP contribution in [0.1, 0.15) is 29.8 Å². The third-order valence-corrected chi connectivity index (χ3v) is 5.41. The molecule has 1 aromatic heterocycles. The molecule has 0 N–H and O–H groups in total. The highest BCUT2D eigenvalue weighted by Crippen LogP contribution is 2.36. The number of hydrogen-bond donors (Lipinski definition) is 0. The van der Waals surface area contributed by atoms with Gasteiger partial charge < -0.3 is 4.90 Å². The molecule has 2 aromatic rings. The lowest BCUT2D eigenvalue weighted by atomic mass is 10.0. The Balaban J connectivity index is 1.92. The molecule has 1 unspecified atom stereocenters. The van der Waals surface area contributed by atoms with Crippen LogP contribution in [0.25, 0.3) is 0 Å². The molecule has 5 nitrogen and oxygen atoms in total. The van der Waals surface area contributed by atoms with Crippen LogP contribution in [0.3, 0.4) is 0 Å². The van der Waals surface area contributed by atoms with Gasteiger partial charge in [0.2, 0.25) is 5.91 Å².